The van der Waals surface area contributed by atoms with Crippen molar-refractivity contribution in [3.8, 4) is 0 Å². The van der Waals surface area contributed by atoms with Crippen molar-refractivity contribution in [3.63, 3.8) is 0 Å². The average molecular weight is 643 g/mol. The van der Waals surface area contributed by atoms with Crippen LogP contribution in [0.4, 0.5) is 5.00 Å². The van der Waals surface area contributed by atoms with Crippen LogP contribution in [0.15, 0.2) is 80.8 Å². The number of furan rings is 1. The van der Waals surface area contributed by atoms with Gasteiger partial charge in [0.1, 0.15) is 10.8 Å². The zero-order valence-electron chi connectivity index (χ0n) is 24.5. The summed E-state index contributed by atoms with van der Waals surface area (Å²) in [6.07, 6.45) is 6.57. The lowest BCUT2D eigenvalue weighted by atomic mass is 9.72. The summed E-state index contributed by atoms with van der Waals surface area (Å²) in [5.74, 6) is 1.23. The van der Waals surface area contributed by atoms with Crippen molar-refractivity contribution in [2.24, 2.45) is 16.3 Å². The minimum absolute atomic E-state index is 0.0837. The van der Waals surface area contributed by atoms with Crippen LogP contribution in [0.5, 0.6) is 0 Å². The van der Waals surface area contributed by atoms with Crippen molar-refractivity contribution in [1.82, 2.24) is 9.88 Å². The maximum absolute atomic E-state index is 13.7. The van der Waals surface area contributed by atoms with Crippen LogP contribution < -0.4 is 5.32 Å². The topological polar surface area (TPSA) is 59.5 Å². The summed E-state index contributed by atoms with van der Waals surface area (Å²) in [4.78, 5) is 20.0. The fourth-order valence-corrected chi connectivity index (χ4v) is 7.56. The fourth-order valence-electron chi connectivity index (χ4n) is 6.02. The molecule has 42 heavy (non-hydrogen) atoms. The van der Waals surface area contributed by atoms with Crippen molar-refractivity contribution < 1.29 is 9.21 Å². The van der Waals surface area contributed by atoms with E-state index in [9.17, 15) is 4.79 Å². The molecular formula is C35H36BrN3O2S. The van der Waals surface area contributed by atoms with Gasteiger partial charge in [0.25, 0.3) is 5.91 Å². The number of amides is 1. The number of carbonyl (C=O) groups is 1. The SMILES string of the molecule is Cc1c(C=Nc2sc3c(c2C(=O)NCc2ccco2)CC[C@H](C(C)(C)C)C3)c2ccccc2n1Cc1ccc(Br)cc1. The van der Waals surface area contributed by atoms with Gasteiger partial charge in [-0.2, -0.15) is 0 Å². The Hall–Kier alpha value is -3.42. The average Bonchev–Trinajstić information content (AvgIpc) is 3.68. The van der Waals surface area contributed by atoms with Crippen molar-refractivity contribution >= 4 is 55.3 Å². The minimum Gasteiger partial charge on any atom is -0.467 e. The van der Waals surface area contributed by atoms with Gasteiger partial charge in [-0.15, -0.1) is 11.3 Å². The lowest BCUT2D eigenvalue weighted by Crippen LogP contribution is -2.28. The predicted octanol–water partition coefficient (Wildman–Crippen LogP) is 9.25. The summed E-state index contributed by atoms with van der Waals surface area (Å²) in [6.45, 7) is 10.2. The van der Waals surface area contributed by atoms with Crippen molar-refractivity contribution in [2.75, 3.05) is 0 Å². The Kier molecular flexibility index (Phi) is 7.99. The second-order valence-electron chi connectivity index (χ2n) is 12.2. The largest absolute Gasteiger partial charge is 0.467 e. The number of nitrogens with zero attached hydrogens (tertiary/aromatic N) is 2. The summed E-state index contributed by atoms with van der Waals surface area (Å²) < 4.78 is 8.88. The standard InChI is InChI=1S/C35H36BrN3O2S/c1-22-29(27-9-5-6-10-30(27)39(22)21-23-11-14-25(36)15-12-23)20-38-34-32(33(40)37-19-26-8-7-17-41-26)28-16-13-24(35(2,3)4)18-31(28)42-34/h5-12,14-15,17,20,24H,13,16,18-19,21H2,1-4H3,(H,37,40)/t24-/m0/s1. The third-order valence-electron chi connectivity index (χ3n) is 8.55. The molecule has 1 atom stereocenters. The highest BCUT2D eigenvalue weighted by Gasteiger charge is 2.33. The molecule has 0 aliphatic heterocycles. The number of nitrogens with one attached hydrogen (secondary N) is 1. The molecule has 0 unspecified atom stereocenters. The number of hydrogen-bond acceptors (Lipinski definition) is 4. The normalized spacial score (nSPS) is 15.4. The molecular weight excluding hydrogens is 606 g/mol. The van der Waals surface area contributed by atoms with Crippen molar-refractivity contribution in [2.45, 2.75) is 60.0 Å². The molecule has 1 N–H and O–H groups in total. The van der Waals surface area contributed by atoms with E-state index in [1.54, 1.807) is 17.6 Å². The van der Waals surface area contributed by atoms with E-state index in [4.69, 9.17) is 9.41 Å². The number of rotatable bonds is 7. The first-order valence-electron chi connectivity index (χ1n) is 14.5. The van der Waals surface area contributed by atoms with Crippen molar-refractivity contribution in [1.29, 1.82) is 0 Å². The molecule has 7 heteroatoms. The maximum Gasteiger partial charge on any atom is 0.255 e. The lowest BCUT2D eigenvalue weighted by molar-refractivity contribution is 0.0947. The first-order valence-corrected chi connectivity index (χ1v) is 16.1. The van der Waals surface area contributed by atoms with Crippen LogP contribution in [0.1, 0.15) is 70.6 Å². The highest BCUT2D eigenvalue weighted by atomic mass is 79.9. The Bertz CT molecular complexity index is 1750. The molecule has 1 amide bonds. The Morgan fingerprint density at radius 1 is 1.14 bits per heavy atom. The minimum atomic E-state index is -0.0837. The molecule has 0 fully saturated rings. The first-order chi connectivity index (χ1) is 20.2. The van der Waals surface area contributed by atoms with Gasteiger partial charge in [-0.05, 0) is 79.0 Å². The molecule has 0 bridgehead atoms. The van der Waals surface area contributed by atoms with E-state index in [0.29, 0.717) is 12.5 Å². The van der Waals surface area contributed by atoms with Gasteiger partial charge in [0, 0.05) is 44.3 Å². The van der Waals surface area contributed by atoms with E-state index in [1.807, 2.05) is 18.3 Å². The third kappa shape index (κ3) is 5.77. The van der Waals surface area contributed by atoms with E-state index in [2.05, 4.69) is 102 Å². The number of aliphatic imine (C=N–C) groups is 1. The fraction of sp³-hybridized carbons (Fsp3) is 0.314. The van der Waals surface area contributed by atoms with E-state index in [1.165, 1.54) is 21.5 Å². The molecule has 5 aromatic rings. The van der Waals surface area contributed by atoms with Crippen molar-refractivity contribution in [3.05, 3.63) is 110 Å². The molecule has 1 aliphatic carbocycles. The molecule has 3 heterocycles. The summed E-state index contributed by atoms with van der Waals surface area (Å²) >= 11 is 5.23. The number of halogens is 1. The number of thiophene rings is 1. The molecule has 3 aromatic heterocycles. The van der Waals surface area contributed by atoms with Gasteiger partial charge in [0.05, 0.1) is 18.4 Å². The molecule has 0 radical (unpaired) electrons. The molecule has 6 rings (SSSR count). The second-order valence-corrected chi connectivity index (χ2v) is 14.2. The third-order valence-corrected chi connectivity index (χ3v) is 10.2. The quantitative estimate of drug-likeness (QED) is 0.180. The number of aromatic nitrogens is 1. The van der Waals surface area contributed by atoms with Crippen LogP contribution in [0.25, 0.3) is 10.9 Å². The van der Waals surface area contributed by atoms with Gasteiger partial charge in [-0.1, -0.05) is 67.0 Å². The zero-order valence-corrected chi connectivity index (χ0v) is 26.9. The zero-order chi connectivity index (χ0) is 29.4. The number of benzene rings is 2. The van der Waals surface area contributed by atoms with Crippen LogP contribution in [0.3, 0.4) is 0 Å². The number of para-hydroxylation sites is 1. The van der Waals surface area contributed by atoms with E-state index in [0.717, 1.165) is 63.2 Å². The Labute approximate surface area is 259 Å². The van der Waals surface area contributed by atoms with Crippen LogP contribution in [0, 0.1) is 18.3 Å². The van der Waals surface area contributed by atoms with Crippen LogP contribution >= 0.6 is 27.3 Å². The molecule has 0 saturated carbocycles. The highest BCUT2D eigenvalue weighted by molar-refractivity contribution is 9.10. The van der Waals surface area contributed by atoms with E-state index < -0.39 is 0 Å². The van der Waals surface area contributed by atoms with Gasteiger partial charge in [0.2, 0.25) is 0 Å². The van der Waals surface area contributed by atoms with E-state index in [-0.39, 0.29) is 11.3 Å². The molecule has 2 aromatic carbocycles. The van der Waals surface area contributed by atoms with Gasteiger partial charge < -0.3 is 14.3 Å². The monoisotopic (exact) mass is 641 g/mol. The number of hydrogen-bond donors (Lipinski definition) is 1. The Morgan fingerprint density at radius 3 is 2.67 bits per heavy atom. The maximum atomic E-state index is 13.7. The van der Waals surface area contributed by atoms with Crippen LogP contribution in [-0.4, -0.2) is 16.7 Å². The molecule has 5 nitrogen and oxygen atoms in total. The summed E-state index contributed by atoms with van der Waals surface area (Å²) in [6, 6.07) is 20.7. The van der Waals surface area contributed by atoms with Gasteiger partial charge in [0.15, 0.2) is 0 Å². The van der Waals surface area contributed by atoms with Gasteiger partial charge >= 0.3 is 0 Å². The van der Waals surface area contributed by atoms with Gasteiger partial charge in [-0.25, -0.2) is 4.99 Å². The van der Waals surface area contributed by atoms with Crippen LogP contribution in [0.2, 0.25) is 0 Å². The molecule has 216 valence electrons. The predicted molar refractivity (Wildman–Crippen MR) is 176 cm³/mol. The summed E-state index contributed by atoms with van der Waals surface area (Å²) in [5.41, 5.74) is 6.76. The Balaban J connectivity index is 1.38. The summed E-state index contributed by atoms with van der Waals surface area (Å²) in [7, 11) is 0. The Morgan fingerprint density at radius 2 is 1.93 bits per heavy atom. The highest BCUT2D eigenvalue weighted by Crippen LogP contribution is 2.45. The second kappa shape index (κ2) is 11.7. The molecule has 1 aliphatic rings. The molecule has 0 spiro atoms. The first kappa shape index (κ1) is 28.7. The van der Waals surface area contributed by atoms with Gasteiger partial charge in [-0.3, -0.25) is 4.79 Å². The van der Waals surface area contributed by atoms with E-state index >= 15 is 0 Å². The summed E-state index contributed by atoms with van der Waals surface area (Å²) in [5, 5.41) is 5.04. The number of fused-ring (bicyclic) bond motifs is 2. The molecule has 0 saturated heterocycles. The van der Waals surface area contributed by atoms with Crippen LogP contribution in [-0.2, 0) is 25.9 Å². The number of carbonyl (C=O) groups excluding carboxylic acids is 1. The smallest absolute Gasteiger partial charge is 0.255 e. The lowest BCUT2D eigenvalue weighted by Gasteiger charge is -2.33.